The number of thioether (sulfide) groups is 1. The number of carbonyl (C=O) groups excluding carboxylic acids is 1. The summed E-state index contributed by atoms with van der Waals surface area (Å²) >= 11 is 1.84. The second-order valence-corrected chi connectivity index (χ2v) is 6.63. The lowest BCUT2D eigenvalue weighted by molar-refractivity contribution is 0.0949. The predicted octanol–water partition coefficient (Wildman–Crippen LogP) is 4.08. The van der Waals surface area contributed by atoms with Crippen LogP contribution in [0.15, 0.2) is 18.2 Å². The van der Waals surface area contributed by atoms with Gasteiger partial charge in [0.1, 0.15) is 0 Å². The first kappa shape index (κ1) is 17.9. The molecule has 1 aromatic carbocycles. The maximum absolute atomic E-state index is 12.5. The van der Waals surface area contributed by atoms with Crippen molar-refractivity contribution in [1.82, 2.24) is 5.32 Å². The molecule has 2 N–H and O–H groups in total. The zero-order chi connectivity index (χ0) is 15.9. The van der Waals surface area contributed by atoms with Gasteiger partial charge in [0.05, 0.1) is 5.56 Å². The average Bonchev–Trinajstić information content (AvgIpc) is 2.49. The summed E-state index contributed by atoms with van der Waals surface area (Å²) in [6, 6.07) is 5.92. The minimum Gasteiger partial charge on any atom is -0.385 e. The van der Waals surface area contributed by atoms with Crippen LogP contribution in [0.5, 0.6) is 0 Å². The van der Waals surface area contributed by atoms with Crippen molar-refractivity contribution in [2.45, 2.75) is 45.3 Å². The molecule has 4 heteroatoms. The van der Waals surface area contributed by atoms with Crippen molar-refractivity contribution < 1.29 is 4.79 Å². The maximum atomic E-state index is 12.5. The Bertz CT molecular complexity index is 462. The maximum Gasteiger partial charge on any atom is 0.253 e. The topological polar surface area (TPSA) is 41.1 Å². The highest BCUT2D eigenvalue weighted by Crippen LogP contribution is 2.29. The summed E-state index contributed by atoms with van der Waals surface area (Å²) in [6.45, 7) is 9.96. The van der Waals surface area contributed by atoms with Crippen molar-refractivity contribution in [3.63, 3.8) is 0 Å². The molecular formula is C17H28N2OS. The molecule has 1 rings (SSSR count). The molecule has 0 aliphatic heterocycles. The largest absolute Gasteiger partial charge is 0.385 e. The van der Waals surface area contributed by atoms with Gasteiger partial charge in [0.25, 0.3) is 5.91 Å². The van der Waals surface area contributed by atoms with Crippen molar-refractivity contribution in [3.8, 4) is 0 Å². The van der Waals surface area contributed by atoms with E-state index in [0.717, 1.165) is 36.2 Å². The van der Waals surface area contributed by atoms with Crippen LogP contribution >= 0.6 is 11.8 Å². The van der Waals surface area contributed by atoms with Gasteiger partial charge in [0, 0.05) is 23.5 Å². The lowest BCUT2D eigenvalue weighted by atomic mass is 10.0. The van der Waals surface area contributed by atoms with E-state index in [-0.39, 0.29) is 10.7 Å². The molecular weight excluding hydrogens is 280 g/mol. The molecule has 21 heavy (non-hydrogen) atoms. The number of rotatable bonds is 8. The van der Waals surface area contributed by atoms with Crippen molar-refractivity contribution >= 4 is 23.4 Å². The first-order valence-corrected chi connectivity index (χ1v) is 8.92. The van der Waals surface area contributed by atoms with Crippen LogP contribution in [0, 0.1) is 6.92 Å². The van der Waals surface area contributed by atoms with Crippen LogP contribution in [0.1, 0.15) is 49.5 Å². The van der Waals surface area contributed by atoms with Crippen LogP contribution in [-0.2, 0) is 0 Å². The van der Waals surface area contributed by atoms with Crippen LogP contribution in [0.4, 0.5) is 5.69 Å². The predicted molar refractivity (Wildman–Crippen MR) is 94.5 cm³/mol. The summed E-state index contributed by atoms with van der Waals surface area (Å²) in [5.74, 6) is 0.00581. The second-order valence-electron chi connectivity index (χ2n) is 5.36. The van der Waals surface area contributed by atoms with Gasteiger partial charge >= 0.3 is 0 Å². The Morgan fingerprint density at radius 2 is 1.90 bits per heavy atom. The first-order valence-electron chi connectivity index (χ1n) is 7.69. The SMILES string of the molecule is CCNc1cc(C)ccc1C(=O)NCC(CC)(CC)SC. The van der Waals surface area contributed by atoms with Crippen LogP contribution in [-0.4, -0.2) is 30.0 Å². The van der Waals surface area contributed by atoms with E-state index in [0.29, 0.717) is 6.54 Å². The molecule has 0 bridgehead atoms. The van der Waals surface area contributed by atoms with Crippen molar-refractivity contribution in [2.24, 2.45) is 0 Å². The van der Waals surface area contributed by atoms with Gasteiger partial charge in [-0.05, 0) is 50.6 Å². The van der Waals surface area contributed by atoms with Crippen LogP contribution in [0.3, 0.4) is 0 Å². The van der Waals surface area contributed by atoms with Gasteiger partial charge in [0.15, 0.2) is 0 Å². The number of nitrogens with one attached hydrogen (secondary N) is 2. The second kappa shape index (κ2) is 8.32. The Hall–Kier alpha value is -1.16. The molecule has 0 saturated carbocycles. The Balaban J connectivity index is 2.84. The first-order chi connectivity index (χ1) is 10.0. The Labute approximate surface area is 133 Å². The summed E-state index contributed by atoms with van der Waals surface area (Å²) in [4.78, 5) is 12.5. The average molecular weight is 308 g/mol. The molecule has 0 aromatic heterocycles. The van der Waals surface area contributed by atoms with E-state index in [2.05, 4.69) is 30.7 Å². The molecule has 0 unspecified atom stereocenters. The Morgan fingerprint density at radius 3 is 2.43 bits per heavy atom. The molecule has 1 aromatic rings. The minimum absolute atomic E-state index is 0.00581. The van der Waals surface area contributed by atoms with E-state index in [9.17, 15) is 4.79 Å². The summed E-state index contributed by atoms with van der Waals surface area (Å²) in [6.07, 6.45) is 4.23. The monoisotopic (exact) mass is 308 g/mol. The fourth-order valence-electron chi connectivity index (χ4n) is 2.39. The zero-order valence-electron chi connectivity index (χ0n) is 13.9. The summed E-state index contributed by atoms with van der Waals surface area (Å²) in [5, 5.41) is 6.38. The lowest BCUT2D eigenvalue weighted by Crippen LogP contribution is -2.39. The molecule has 0 radical (unpaired) electrons. The van der Waals surface area contributed by atoms with Gasteiger partial charge in [-0.3, -0.25) is 4.79 Å². The quantitative estimate of drug-likeness (QED) is 0.760. The number of benzene rings is 1. The molecule has 118 valence electrons. The van der Waals surface area contributed by atoms with E-state index in [1.54, 1.807) is 0 Å². The molecule has 0 aliphatic rings. The van der Waals surface area contributed by atoms with E-state index in [4.69, 9.17) is 0 Å². The molecule has 0 heterocycles. The van der Waals surface area contributed by atoms with E-state index >= 15 is 0 Å². The van der Waals surface area contributed by atoms with Gasteiger partial charge in [-0.25, -0.2) is 0 Å². The summed E-state index contributed by atoms with van der Waals surface area (Å²) in [5.41, 5.74) is 2.80. The molecule has 0 spiro atoms. The number of hydrogen-bond donors (Lipinski definition) is 2. The number of amides is 1. The third-order valence-electron chi connectivity index (χ3n) is 4.08. The lowest BCUT2D eigenvalue weighted by Gasteiger charge is -2.30. The number of aryl methyl sites for hydroxylation is 1. The summed E-state index contributed by atoms with van der Waals surface area (Å²) < 4.78 is 0.138. The number of hydrogen-bond acceptors (Lipinski definition) is 3. The highest BCUT2D eigenvalue weighted by Gasteiger charge is 2.26. The van der Waals surface area contributed by atoms with Crippen molar-refractivity contribution in [1.29, 1.82) is 0 Å². The fraction of sp³-hybridized carbons (Fsp3) is 0.588. The smallest absolute Gasteiger partial charge is 0.253 e. The highest BCUT2D eigenvalue weighted by molar-refractivity contribution is 8.00. The molecule has 1 amide bonds. The molecule has 0 fully saturated rings. The zero-order valence-corrected chi connectivity index (χ0v) is 14.7. The normalized spacial score (nSPS) is 11.3. The van der Waals surface area contributed by atoms with Gasteiger partial charge in [-0.2, -0.15) is 11.8 Å². The third-order valence-corrected chi connectivity index (χ3v) is 5.67. The molecule has 0 saturated heterocycles. The van der Waals surface area contributed by atoms with Crippen molar-refractivity contribution in [3.05, 3.63) is 29.3 Å². The minimum atomic E-state index is 0.00581. The highest BCUT2D eigenvalue weighted by atomic mass is 32.2. The molecule has 3 nitrogen and oxygen atoms in total. The Morgan fingerprint density at radius 1 is 1.24 bits per heavy atom. The van der Waals surface area contributed by atoms with E-state index in [1.807, 2.05) is 43.8 Å². The Kier molecular flexibility index (Phi) is 7.09. The number of anilines is 1. The summed E-state index contributed by atoms with van der Waals surface area (Å²) in [7, 11) is 0. The van der Waals surface area contributed by atoms with Crippen LogP contribution < -0.4 is 10.6 Å². The molecule has 0 atom stereocenters. The van der Waals surface area contributed by atoms with Crippen molar-refractivity contribution in [2.75, 3.05) is 24.7 Å². The van der Waals surface area contributed by atoms with Gasteiger partial charge in [0.2, 0.25) is 0 Å². The van der Waals surface area contributed by atoms with Gasteiger partial charge in [-0.1, -0.05) is 19.9 Å². The van der Waals surface area contributed by atoms with Gasteiger partial charge < -0.3 is 10.6 Å². The number of carbonyl (C=O) groups is 1. The molecule has 0 aliphatic carbocycles. The van der Waals surface area contributed by atoms with Crippen LogP contribution in [0.25, 0.3) is 0 Å². The standard InChI is InChI=1S/C17H28N2OS/c1-6-17(7-2,21-5)12-19-16(20)14-10-9-13(4)11-15(14)18-8-3/h9-11,18H,6-8,12H2,1-5H3,(H,19,20). The van der Waals surface area contributed by atoms with Gasteiger partial charge in [-0.15, -0.1) is 0 Å². The van der Waals surface area contributed by atoms with Crippen LogP contribution in [0.2, 0.25) is 0 Å². The fourth-order valence-corrected chi connectivity index (χ4v) is 3.18. The third kappa shape index (κ3) is 4.67. The van der Waals surface area contributed by atoms with E-state index in [1.165, 1.54) is 0 Å². The van der Waals surface area contributed by atoms with E-state index < -0.39 is 0 Å².